The predicted molar refractivity (Wildman–Crippen MR) is 21.4 cm³/mol. The monoisotopic (exact) mass is 278 g/mol. The molecule has 0 N–H and O–H groups in total. The van der Waals surface area contributed by atoms with Crippen molar-refractivity contribution in [3.63, 3.8) is 0 Å². The topological polar surface area (TPSA) is 21.8 Å². The van der Waals surface area contributed by atoms with Crippen molar-refractivity contribution < 1.29 is 7.42 Å². The van der Waals surface area contributed by atoms with Gasteiger partial charge in [-0.3, -0.25) is 0 Å². The third kappa shape index (κ3) is 1.53. The van der Waals surface area contributed by atoms with Crippen LogP contribution in [0.4, 0.5) is 0 Å². The molecule has 0 amide bonds. The third-order valence-corrected chi connectivity index (χ3v) is 1.43. The molecule has 0 spiro atoms. The molecule has 1 unspecified atom stereocenters. The minimum atomic E-state index is 0.468. The van der Waals surface area contributed by atoms with Gasteiger partial charge in [-0.15, -0.1) is 0 Å². The van der Waals surface area contributed by atoms with Gasteiger partial charge in [-0.2, -0.15) is 0 Å². The SMILES string of the molecule is [Tl][O]CC1CO1. The first-order chi connectivity index (χ1) is 2.93. The van der Waals surface area contributed by atoms with Gasteiger partial charge >= 0.3 is 53.0 Å². The van der Waals surface area contributed by atoms with E-state index in [1.807, 2.05) is 0 Å². The van der Waals surface area contributed by atoms with Crippen LogP contribution in [0.15, 0.2) is 0 Å². The fraction of sp³-hybridized carbons (Fsp3) is 1.00. The molecule has 1 saturated heterocycles. The van der Waals surface area contributed by atoms with Gasteiger partial charge in [0.05, 0.1) is 0 Å². The van der Waals surface area contributed by atoms with E-state index in [-0.39, 0.29) is 0 Å². The molecule has 0 aliphatic carbocycles. The molecule has 1 heterocycles. The number of hydrogen-bond donors (Lipinski definition) is 0. The summed E-state index contributed by atoms with van der Waals surface area (Å²) in [5.41, 5.74) is 0. The van der Waals surface area contributed by atoms with E-state index in [1.165, 1.54) is 0 Å². The zero-order chi connectivity index (χ0) is 4.41. The Balaban J connectivity index is 1.88. The van der Waals surface area contributed by atoms with Gasteiger partial charge in [0.15, 0.2) is 0 Å². The molecule has 3 heteroatoms. The van der Waals surface area contributed by atoms with Crippen molar-refractivity contribution in [1.82, 2.24) is 0 Å². The molecular weight excluding hydrogens is 272 g/mol. The molecule has 0 aromatic carbocycles. The molecule has 2 nitrogen and oxygen atoms in total. The molecule has 0 aromatic rings. The Labute approximate surface area is 53.2 Å². The first-order valence-corrected chi connectivity index (χ1v) is 3.70. The summed E-state index contributed by atoms with van der Waals surface area (Å²) in [6.07, 6.45) is 0.468. The molecule has 32 valence electrons. The van der Waals surface area contributed by atoms with Crippen molar-refractivity contribution >= 4 is 26.2 Å². The van der Waals surface area contributed by atoms with E-state index < -0.39 is 0 Å². The van der Waals surface area contributed by atoms with Crippen LogP contribution in [-0.4, -0.2) is 45.5 Å². The van der Waals surface area contributed by atoms with E-state index in [1.54, 1.807) is 0 Å². The average Bonchev–Trinajstić information content (AvgIpc) is 2.21. The normalized spacial score (nSPS) is 30.2. The van der Waals surface area contributed by atoms with Gasteiger partial charge in [0, 0.05) is 0 Å². The summed E-state index contributed by atoms with van der Waals surface area (Å²) in [6.45, 7) is 1.76. The molecule has 6 heavy (non-hydrogen) atoms. The summed E-state index contributed by atoms with van der Waals surface area (Å²) in [4.78, 5) is 0. The molecule has 0 aromatic heterocycles. The van der Waals surface area contributed by atoms with Gasteiger partial charge < -0.3 is 0 Å². The van der Waals surface area contributed by atoms with Crippen molar-refractivity contribution in [1.29, 1.82) is 0 Å². The predicted octanol–water partition coefficient (Wildman–Crippen LogP) is -0.515. The standard InChI is InChI=1S/C3H5O2.Tl/c4-1-3-2-5-3;/h3H,1-2H2;/q-1;+1. The fourth-order valence-electron chi connectivity index (χ4n) is 0.272. The Hall–Kier alpha value is 0.842. The van der Waals surface area contributed by atoms with E-state index >= 15 is 0 Å². The number of hydrogen-bond acceptors (Lipinski definition) is 2. The van der Waals surface area contributed by atoms with Gasteiger partial charge in [0.25, 0.3) is 0 Å². The van der Waals surface area contributed by atoms with E-state index in [0.29, 0.717) is 32.3 Å². The Kier molecular flexibility index (Phi) is 1.85. The van der Waals surface area contributed by atoms with Crippen molar-refractivity contribution in [2.75, 3.05) is 13.2 Å². The third-order valence-electron chi connectivity index (χ3n) is 0.684. The molecule has 1 aliphatic rings. The van der Waals surface area contributed by atoms with Crippen LogP contribution in [-0.2, 0) is 7.42 Å². The second-order valence-corrected chi connectivity index (χ2v) is 2.58. The van der Waals surface area contributed by atoms with Crippen molar-refractivity contribution in [3.05, 3.63) is 0 Å². The summed E-state index contributed by atoms with van der Waals surface area (Å²) >= 11 is 0.680. The van der Waals surface area contributed by atoms with Crippen LogP contribution in [0.5, 0.6) is 0 Å². The van der Waals surface area contributed by atoms with Crippen LogP contribution in [0.25, 0.3) is 0 Å². The maximum atomic E-state index is 4.91. The van der Waals surface area contributed by atoms with E-state index in [9.17, 15) is 0 Å². The molecule has 0 radical (unpaired) electrons. The maximum absolute atomic E-state index is 4.91. The van der Waals surface area contributed by atoms with Crippen LogP contribution in [0.1, 0.15) is 0 Å². The van der Waals surface area contributed by atoms with Crippen LogP contribution in [0.2, 0.25) is 0 Å². The second kappa shape index (κ2) is 2.23. The molecule has 0 bridgehead atoms. The Morgan fingerprint density at radius 3 is 2.83 bits per heavy atom. The summed E-state index contributed by atoms with van der Waals surface area (Å²) < 4.78 is 9.76. The van der Waals surface area contributed by atoms with Crippen LogP contribution in [0, 0.1) is 0 Å². The molecule has 1 fully saturated rings. The van der Waals surface area contributed by atoms with Gasteiger partial charge in [-0.25, -0.2) is 0 Å². The summed E-state index contributed by atoms with van der Waals surface area (Å²) in [6, 6.07) is 0. The van der Waals surface area contributed by atoms with Crippen LogP contribution in [0.3, 0.4) is 0 Å². The first-order valence-electron chi connectivity index (χ1n) is 1.87. The van der Waals surface area contributed by atoms with E-state index in [4.69, 9.17) is 7.42 Å². The summed E-state index contributed by atoms with van der Waals surface area (Å²) in [5, 5.41) is 0. The summed E-state index contributed by atoms with van der Waals surface area (Å²) in [5.74, 6) is 0. The quantitative estimate of drug-likeness (QED) is 0.501. The van der Waals surface area contributed by atoms with Crippen LogP contribution < -0.4 is 0 Å². The van der Waals surface area contributed by atoms with Crippen molar-refractivity contribution in [3.8, 4) is 0 Å². The molecular formula is C3H5O2Tl. The zero-order valence-electron chi connectivity index (χ0n) is 3.39. The van der Waals surface area contributed by atoms with E-state index in [0.717, 1.165) is 13.2 Å². The molecule has 1 aliphatic heterocycles. The van der Waals surface area contributed by atoms with E-state index in [2.05, 4.69) is 0 Å². The Morgan fingerprint density at radius 1 is 2.00 bits per heavy atom. The zero-order valence-corrected chi connectivity index (χ0v) is 7.87. The minimum absolute atomic E-state index is 0.468. The van der Waals surface area contributed by atoms with Gasteiger partial charge in [0.2, 0.25) is 0 Å². The van der Waals surface area contributed by atoms with Gasteiger partial charge in [0.1, 0.15) is 0 Å². The average molecular weight is 277 g/mol. The number of rotatable bonds is 2. The van der Waals surface area contributed by atoms with Gasteiger partial charge in [-0.05, 0) is 0 Å². The Bertz CT molecular complexity index is 44.1. The number of ether oxygens (including phenoxy) is 1. The summed E-state index contributed by atoms with van der Waals surface area (Å²) in [7, 11) is 0. The van der Waals surface area contributed by atoms with Crippen molar-refractivity contribution in [2.24, 2.45) is 0 Å². The van der Waals surface area contributed by atoms with Crippen LogP contribution >= 0.6 is 0 Å². The fourth-order valence-corrected chi connectivity index (χ4v) is 1.11. The number of epoxide rings is 1. The molecule has 0 saturated carbocycles. The van der Waals surface area contributed by atoms with Gasteiger partial charge in [-0.1, -0.05) is 0 Å². The molecule has 1 atom stereocenters. The van der Waals surface area contributed by atoms with Crippen molar-refractivity contribution in [2.45, 2.75) is 6.10 Å². The molecule has 1 rings (SSSR count). The Morgan fingerprint density at radius 2 is 2.67 bits per heavy atom. The second-order valence-electron chi connectivity index (χ2n) is 1.29. The first kappa shape index (κ1) is 4.99.